The van der Waals surface area contributed by atoms with Crippen LogP contribution < -0.4 is 10.6 Å². The number of hydrogen-bond acceptors (Lipinski definition) is 8. The average Bonchev–Trinajstić information content (AvgIpc) is 3.07. The SMILES string of the molecule is Cc1cc(Nc2ncnc(Nc3cccc4ccccc34)c2[N+](=O)[O-])no1. The molecule has 0 aliphatic heterocycles. The maximum Gasteiger partial charge on any atom is 0.353 e. The molecule has 0 saturated heterocycles. The molecule has 2 aromatic carbocycles. The first-order valence-electron chi connectivity index (χ1n) is 8.06. The summed E-state index contributed by atoms with van der Waals surface area (Å²) >= 11 is 0. The van der Waals surface area contributed by atoms with E-state index in [1.807, 2.05) is 42.5 Å². The Labute approximate surface area is 153 Å². The fraction of sp³-hybridized carbons (Fsp3) is 0.0556. The second kappa shape index (κ2) is 6.71. The Morgan fingerprint density at radius 2 is 1.78 bits per heavy atom. The first kappa shape index (κ1) is 16.5. The molecule has 0 radical (unpaired) electrons. The molecule has 27 heavy (non-hydrogen) atoms. The van der Waals surface area contributed by atoms with Gasteiger partial charge < -0.3 is 15.2 Å². The van der Waals surface area contributed by atoms with Gasteiger partial charge in [0.1, 0.15) is 12.1 Å². The summed E-state index contributed by atoms with van der Waals surface area (Å²) in [7, 11) is 0. The van der Waals surface area contributed by atoms with Crippen LogP contribution in [0.3, 0.4) is 0 Å². The lowest BCUT2D eigenvalue weighted by Gasteiger charge is -2.11. The molecule has 134 valence electrons. The minimum atomic E-state index is -0.539. The van der Waals surface area contributed by atoms with Crippen LogP contribution in [0.4, 0.5) is 28.8 Å². The molecule has 9 heteroatoms. The van der Waals surface area contributed by atoms with Crippen molar-refractivity contribution in [3.8, 4) is 0 Å². The number of anilines is 4. The fourth-order valence-corrected chi connectivity index (χ4v) is 2.74. The molecule has 0 amide bonds. The number of aryl methyl sites for hydroxylation is 1. The number of rotatable bonds is 5. The van der Waals surface area contributed by atoms with E-state index >= 15 is 0 Å². The zero-order valence-electron chi connectivity index (χ0n) is 14.2. The van der Waals surface area contributed by atoms with Gasteiger partial charge in [-0.2, -0.15) is 0 Å². The van der Waals surface area contributed by atoms with Crippen LogP contribution in [-0.2, 0) is 0 Å². The Morgan fingerprint density at radius 3 is 2.52 bits per heavy atom. The van der Waals surface area contributed by atoms with Gasteiger partial charge >= 0.3 is 5.69 Å². The zero-order chi connectivity index (χ0) is 18.8. The number of nitrogens with zero attached hydrogens (tertiary/aromatic N) is 4. The number of hydrogen-bond donors (Lipinski definition) is 2. The van der Waals surface area contributed by atoms with Gasteiger partial charge in [-0.3, -0.25) is 10.1 Å². The molecule has 2 N–H and O–H groups in total. The van der Waals surface area contributed by atoms with Crippen LogP contribution in [0.2, 0.25) is 0 Å². The molecule has 4 rings (SSSR count). The van der Waals surface area contributed by atoms with E-state index in [1.165, 1.54) is 6.33 Å². The predicted octanol–water partition coefficient (Wildman–Crippen LogP) is 4.32. The van der Waals surface area contributed by atoms with E-state index in [0.29, 0.717) is 17.3 Å². The van der Waals surface area contributed by atoms with Crippen molar-refractivity contribution in [2.24, 2.45) is 0 Å². The van der Waals surface area contributed by atoms with Gasteiger partial charge in [0.15, 0.2) is 5.82 Å². The van der Waals surface area contributed by atoms with Crippen molar-refractivity contribution in [3.63, 3.8) is 0 Å². The number of benzene rings is 2. The van der Waals surface area contributed by atoms with Crippen LogP contribution in [0.5, 0.6) is 0 Å². The molecule has 0 bridgehead atoms. The highest BCUT2D eigenvalue weighted by Gasteiger charge is 2.24. The van der Waals surface area contributed by atoms with Gasteiger partial charge in [0.05, 0.1) is 4.92 Å². The van der Waals surface area contributed by atoms with Crippen LogP contribution >= 0.6 is 0 Å². The van der Waals surface area contributed by atoms with Crippen LogP contribution in [0.25, 0.3) is 10.8 Å². The third kappa shape index (κ3) is 3.25. The van der Waals surface area contributed by atoms with Crippen molar-refractivity contribution in [3.05, 3.63) is 70.7 Å². The van der Waals surface area contributed by atoms with E-state index in [0.717, 1.165) is 10.8 Å². The summed E-state index contributed by atoms with van der Waals surface area (Å²) in [6.07, 6.45) is 1.25. The molecule has 0 aliphatic carbocycles. The van der Waals surface area contributed by atoms with E-state index in [4.69, 9.17) is 4.52 Å². The minimum Gasteiger partial charge on any atom is -0.360 e. The van der Waals surface area contributed by atoms with E-state index in [1.54, 1.807) is 13.0 Å². The van der Waals surface area contributed by atoms with Gasteiger partial charge in [-0.25, -0.2) is 9.97 Å². The normalized spacial score (nSPS) is 10.7. The highest BCUT2D eigenvalue weighted by atomic mass is 16.6. The van der Waals surface area contributed by atoms with Crippen LogP contribution in [-0.4, -0.2) is 20.0 Å². The summed E-state index contributed by atoms with van der Waals surface area (Å²) < 4.78 is 4.97. The van der Waals surface area contributed by atoms with Gasteiger partial charge in [0.2, 0.25) is 11.6 Å². The lowest BCUT2D eigenvalue weighted by molar-refractivity contribution is -0.383. The quantitative estimate of drug-likeness (QED) is 0.398. The molecule has 0 saturated carbocycles. The van der Waals surface area contributed by atoms with E-state index in [2.05, 4.69) is 25.8 Å². The van der Waals surface area contributed by atoms with Crippen molar-refractivity contribution in [1.82, 2.24) is 15.1 Å². The smallest absolute Gasteiger partial charge is 0.353 e. The van der Waals surface area contributed by atoms with Gasteiger partial charge in [-0.1, -0.05) is 41.6 Å². The molecule has 4 aromatic rings. The Morgan fingerprint density at radius 1 is 1.04 bits per heavy atom. The molecule has 0 atom stereocenters. The summed E-state index contributed by atoms with van der Waals surface area (Å²) in [5.74, 6) is 0.994. The van der Waals surface area contributed by atoms with Crippen molar-refractivity contribution >= 4 is 39.6 Å². The third-order valence-electron chi connectivity index (χ3n) is 3.92. The lowest BCUT2D eigenvalue weighted by atomic mass is 10.1. The summed E-state index contributed by atoms with van der Waals surface area (Å²) in [4.78, 5) is 19.2. The Bertz CT molecular complexity index is 1140. The standard InChI is InChI=1S/C18H14N6O3/c1-11-9-15(23-27-11)22-18-16(24(25)26)17(19-10-20-18)21-14-8-4-6-12-5-2-3-7-13(12)14/h2-10H,1H3,(H2,19,20,21,22,23). The Hall–Kier alpha value is -4.01. The highest BCUT2D eigenvalue weighted by molar-refractivity contribution is 5.96. The maximum absolute atomic E-state index is 11.7. The van der Waals surface area contributed by atoms with Gasteiger partial charge in [-0.15, -0.1) is 0 Å². The largest absolute Gasteiger partial charge is 0.360 e. The monoisotopic (exact) mass is 362 g/mol. The van der Waals surface area contributed by atoms with E-state index in [9.17, 15) is 10.1 Å². The van der Waals surface area contributed by atoms with Crippen LogP contribution in [0.1, 0.15) is 5.76 Å². The maximum atomic E-state index is 11.7. The molecule has 0 spiro atoms. The molecular formula is C18H14N6O3. The topological polar surface area (TPSA) is 119 Å². The van der Waals surface area contributed by atoms with E-state index < -0.39 is 4.92 Å². The number of aromatic nitrogens is 3. The molecule has 0 fully saturated rings. The first-order valence-corrected chi connectivity index (χ1v) is 8.06. The van der Waals surface area contributed by atoms with Gasteiger partial charge in [0.25, 0.3) is 0 Å². The third-order valence-corrected chi connectivity index (χ3v) is 3.92. The molecule has 0 unspecified atom stereocenters. The predicted molar refractivity (Wildman–Crippen MR) is 100 cm³/mol. The fourth-order valence-electron chi connectivity index (χ4n) is 2.74. The van der Waals surface area contributed by atoms with Gasteiger partial charge in [-0.05, 0) is 18.4 Å². The van der Waals surface area contributed by atoms with Crippen molar-refractivity contribution in [1.29, 1.82) is 0 Å². The second-order valence-corrected chi connectivity index (χ2v) is 5.78. The van der Waals surface area contributed by atoms with Gasteiger partial charge in [0, 0.05) is 17.1 Å². The first-order chi connectivity index (χ1) is 13.1. The second-order valence-electron chi connectivity index (χ2n) is 5.78. The lowest BCUT2D eigenvalue weighted by Crippen LogP contribution is -2.05. The number of fused-ring (bicyclic) bond motifs is 1. The van der Waals surface area contributed by atoms with Crippen molar-refractivity contribution in [2.75, 3.05) is 10.6 Å². The van der Waals surface area contributed by atoms with Crippen molar-refractivity contribution in [2.45, 2.75) is 6.92 Å². The minimum absolute atomic E-state index is 0.0195. The summed E-state index contributed by atoms with van der Waals surface area (Å²) in [5.41, 5.74) is 0.421. The highest BCUT2D eigenvalue weighted by Crippen LogP contribution is 2.34. The number of nitrogens with one attached hydrogen (secondary N) is 2. The van der Waals surface area contributed by atoms with Crippen molar-refractivity contribution < 1.29 is 9.45 Å². The Balaban J connectivity index is 1.76. The summed E-state index contributed by atoms with van der Waals surface area (Å²) in [6, 6.07) is 15.0. The summed E-state index contributed by atoms with van der Waals surface area (Å²) in [6.45, 7) is 1.72. The molecule has 2 heterocycles. The Kier molecular flexibility index (Phi) is 4.09. The summed E-state index contributed by atoms with van der Waals surface area (Å²) in [5, 5.41) is 23.3. The molecule has 9 nitrogen and oxygen atoms in total. The average molecular weight is 362 g/mol. The zero-order valence-corrected chi connectivity index (χ0v) is 14.2. The van der Waals surface area contributed by atoms with Crippen LogP contribution in [0, 0.1) is 17.0 Å². The number of nitro groups is 1. The molecule has 2 aromatic heterocycles. The van der Waals surface area contributed by atoms with E-state index in [-0.39, 0.29) is 17.3 Å². The molecular weight excluding hydrogens is 348 g/mol. The van der Waals surface area contributed by atoms with Crippen LogP contribution in [0.15, 0.2) is 59.4 Å². The molecule has 0 aliphatic rings.